The second-order valence-electron chi connectivity index (χ2n) is 5.20. The van der Waals surface area contributed by atoms with Gasteiger partial charge in [0.25, 0.3) is 0 Å². The highest BCUT2D eigenvalue weighted by molar-refractivity contribution is 7.98. The molecule has 0 bridgehead atoms. The molecule has 25 heavy (non-hydrogen) atoms. The lowest BCUT2D eigenvalue weighted by Crippen LogP contribution is -1.99. The fraction of sp³-hybridized carbons (Fsp3) is 0.125. The number of rotatable bonds is 5. The lowest BCUT2D eigenvalue weighted by Gasteiger charge is -2.03. The number of benzene rings is 1. The summed E-state index contributed by atoms with van der Waals surface area (Å²) in [4.78, 5) is 4.58. The van der Waals surface area contributed by atoms with E-state index < -0.39 is 0 Å². The quantitative estimate of drug-likeness (QED) is 0.490. The largest absolute Gasteiger partial charge is 0.459 e. The Kier molecular flexibility index (Phi) is 4.33. The summed E-state index contributed by atoms with van der Waals surface area (Å²) in [5.41, 5.74) is 1.49. The predicted octanol–water partition coefficient (Wildman–Crippen LogP) is 4.12. The van der Waals surface area contributed by atoms with Crippen molar-refractivity contribution in [3.8, 4) is 16.5 Å². The van der Waals surface area contributed by atoms with Gasteiger partial charge in [-0.05, 0) is 47.7 Å². The SMILES string of the molecule is Cc1ccc(-c2nc(CSc3nnnn3-c3cccc(F)c3)cs2)o1. The van der Waals surface area contributed by atoms with E-state index in [0.29, 0.717) is 16.6 Å². The molecule has 0 atom stereocenters. The molecule has 0 aliphatic carbocycles. The van der Waals surface area contributed by atoms with E-state index in [-0.39, 0.29) is 5.82 Å². The topological polar surface area (TPSA) is 69.6 Å². The van der Waals surface area contributed by atoms with Crippen molar-refractivity contribution in [3.63, 3.8) is 0 Å². The molecule has 4 aromatic rings. The number of hydrogen-bond donors (Lipinski definition) is 0. The molecule has 126 valence electrons. The maximum Gasteiger partial charge on any atom is 0.214 e. The lowest BCUT2D eigenvalue weighted by molar-refractivity contribution is 0.548. The Morgan fingerprint density at radius 2 is 2.20 bits per heavy atom. The minimum absolute atomic E-state index is 0.332. The predicted molar refractivity (Wildman–Crippen MR) is 93.2 cm³/mol. The molecule has 3 aromatic heterocycles. The number of hydrogen-bond acceptors (Lipinski definition) is 7. The van der Waals surface area contributed by atoms with Gasteiger partial charge < -0.3 is 4.42 Å². The smallest absolute Gasteiger partial charge is 0.214 e. The molecule has 0 aliphatic rings. The van der Waals surface area contributed by atoms with Crippen LogP contribution in [0.2, 0.25) is 0 Å². The monoisotopic (exact) mass is 373 g/mol. The summed E-state index contributed by atoms with van der Waals surface area (Å²) in [6.45, 7) is 1.90. The molecule has 9 heteroatoms. The van der Waals surface area contributed by atoms with Crippen LogP contribution in [0, 0.1) is 12.7 Å². The van der Waals surface area contributed by atoms with Crippen LogP contribution < -0.4 is 0 Å². The van der Waals surface area contributed by atoms with Crippen molar-refractivity contribution in [2.75, 3.05) is 0 Å². The summed E-state index contributed by atoms with van der Waals surface area (Å²) in [5, 5.41) is 15.0. The van der Waals surface area contributed by atoms with E-state index in [2.05, 4.69) is 20.5 Å². The van der Waals surface area contributed by atoms with Crippen molar-refractivity contribution >= 4 is 23.1 Å². The number of thioether (sulfide) groups is 1. The second kappa shape index (κ2) is 6.77. The molecule has 0 saturated carbocycles. The van der Waals surface area contributed by atoms with Gasteiger partial charge in [-0.2, -0.15) is 4.68 Å². The van der Waals surface area contributed by atoms with E-state index in [4.69, 9.17) is 4.42 Å². The zero-order chi connectivity index (χ0) is 17.2. The summed E-state index contributed by atoms with van der Waals surface area (Å²) >= 11 is 2.97. The molecule has 0 amide bonds. The van der Waals surface area contributed by atoms with Gasteiger partial charge in [-0.15, -0.1) is 16.4 Å². The zero-order valence-corrected chi connectivity index (χ0v) is 14.7. The van der Waals surface area contributed by atoms with Crippen molar-refractivity contribution in [2.24, 2.45) is 0 Å². The van der Waals surface area contributed by atoms with Gasteiger partial charge in [0.2, 0.25) is 5.16 Å². The summed E-state index contributed by atoms with van der Waals surface area (Å²) in [6.07, 6.45) is 0. The fourth-order valence-electron chi connectivity index (χ4n) is 2.21. The van der Waals surface area contributed by atoms with Gasteiger partial charge in [0.15, 0.2) is 10.8 Å². The van der Waals surface area contributed by atoms with E-state index >= 15 is 0 Å². The first kappa shape index (κ1) is 16.0. The zero-order valence-electron chi connectivity index (χ0n) is 13.1. The van der Waals surface area contributed by atoms with Crippen LogP contribution in [0.15, 0.2) is 51.4 Å². The molecule has 0 N–H and O–H groups in total. The van der Waals surface area contributed by atoms with Crippen LogP contribution in [0.4, 0.5) is 4.39 Å². The molecule has 0 unspecified atom stereocenters. The highest BCUT2D eigenvalue weighted by Crippen LogP contribution is 2.28. The van der Waals surface area contributed by atoms with Crippen molar-refractivity contribution in [1.82, 2.24) is 25.2 Å². The van der Waals surface area contributed by atoms with Crippen LogP contribution in [0.5, 0.6) is 0 Å². The molecule has 0 fully saturated rings. The van der Waals surface area contributed by atoms with Crippen LogP contribution >= 0.6 is 23.1 Å². The molecule has 0 spiro atoms. The van der Waals surface area contributed by atoms with E-state index in [9.17, 15) is 4.39 Å². The number of furan rings is 1. The molecule has 1 aromatic carbocycles. The van der Waals surface area contributed by atoms with E-state index in [0.717, 1.165) is 22.2 Å². The van der Waals surface area contributed by atoms with Crippen LogP contribution in [0.3, 0.4) is 0 Å². The standard InChI is InChI=1S/C16H12FN5OS2/c1-10-5-6-14(23-10)15-18-12(8-24-15)9-25-16-19-20-21-22(16)13-4-2-3-11(17)7-13/h2-8H,9H2,1H3. The van der Waals surface area contributed by atoms with Crippen LogP contribution in [0.1, 0.15) is 11.5 Å². The third-order valence-electron chi connectivity index (χ3n) is 3.35. The summed E-state index contributed by atoms with van der Waals surface area (Å²) in [5.74, 6) is 1.90. The Hall–Kier alpha value is -2.52. The maximum atomic E-state index is 13.4. The van der Waals surface area contributed by atoms with E-state index in [1.165, 1.54) is 39.9 Å². The first-order valence-corrected chi connectivity index (χ1v) is 9.24. The molecule has 4 rings (SSSR count). The first-order chi connectivity index (χ1) is 12.2. The lowest BCUT2D eigenvalue weighted by atomic mass is 10.3. The molecule has 0 saturated heterocycles. The molecule has 3 heterocycles. The van der Waals surface area contributed by atoms with Gasteiger partial charge in [-0.25, -0.2) is 9.37 Å². The van der Waals surface area contributed by atoms with Crippen LogP contribution in [0.25, 0.3) is 16.5 Å². The van der Waals surface area contributed by atoms with E-state index in [1.54, 1.807) is 12.1 Å². The number of tetrazole rings is 1. The minimum Gasteiger partial charge on any atom is -0.459 e. The molecular weight excluding hydrogens is 361 g/mol. The summed E-state index contributed by atoms with van der Waals surface area (Å²) in [7, 11) is 0. The third kappa shape index (κ3) is 3.47. The van der Waals surface area contributed by atoms with Crippen molar-refractivity contribution < 1.29 is 8.81 Å². The van der Waals surface area contributed by atoms with Crippen LogP contribution in [-0.2, 0) is 5.75 Å². The molecule has 0 aliphatic heterocycles. The molecular formula is C16H12FN5OS2. The number of thiazole rings is 1. The third-order valence-corrected chi connectivity index (χ3v) is 5.20. The number of halogens is 1. The van der Waals surface area contributed by atoms with Crippen LogP contribution in [-0.4, -0.2) is 25.2 Å². The van der Waals surface area contributed by atoms with E-state index in [1.807, 2.05) is 24.4 Å². The molecule has 0 radical (unpaired) electrons. The number of aromatic nitrogens is 5. The van der Waals surface area contributed by atoms with Gasteiger partial charge in [-0.1, -0.05) is 17.8 Å². The molecule has 6 nitrogen and oxygen atoms in total. The normalized spacial score (nSPS) is 11.1. The van der Waals surface area contributed by atoms with Gasteiger partial charge in [0, 0.05) is 11.1 Å². The van der Waals surface area contributed by atoms with Gasteiger partial charge in [-0.3, -0.25) is 0 Å². The number of aryl methyl sites for hydroxylation is 1. The Morgan fingerprint density at radius 1 is 1.28 bits per heavy atom. The Balaban J connectivity index is 1.49. The highest BCUT2D eigenvalue weighted by Gasteiger charge is 2.12. The Labute approximate surface area is 150 Å². The highest BCUT2D eigenvalue weighted by atomic mass is 32.2. The van der Waals surface area contributed by atoms with Gasteiger partial charge in [0.1, 0.15) is 11.6 Å². The summed E-state index contributed by atoms with van der Waals surface area (Å²) < 4.78 is 20.5. The minimum atomic E-state index is -0.332. The summed E-state index contributed by atoms with van der Waals surface area (Å²) in [6, 6.07) is 9.98. The van der Waals surface area contributed by atoms with Gasteiger partial charge in [0.05, 0.1) is 11.4 Å². The Bertz CT molecular complexity index is 1010. The van der Waals surface area contributed by atoms with Gasteiger partial charge >= 0.3 is 0 Å². The van der Waals surface area contributed by atoms with Crippen molar-refractivity contribution in [2.45, 2.75) is 17.8 Å². The number of nitrogens with zero attached hydrogens (tertiary/aromatic N) is 5. The Morgan fingerprint density at radius 3 is 3.00 bits per heavy atom. The fourth-order valence-corrected chi connectivity index (χ4v) is 3.88. The maximum absolute atomic E-state index is 13.4. The first-order valence-electron chi connectivity index (χ1n) is 7.37. The average molecular weight is 373 g/mol. The second-order valence-corrected chi connectivity index (χ2v) is 7.00. The average Bonchev–Trinajstić information content (AvgIpc) is 3.33. The van der Waals surface area contributed by atoms with Crippen molar-refractivity contribution in [3.05, 3.63) is 59.0 Å². The van der Waals surface area contributed by atoms with Crippen molar-refractivity contribution in [1.29, 1.82) is 0 Å².